The quantitative estimate of drug-likeness (QED) is 0.384. The Morgan fingerprint density at radius 3 is 2.51 bits per heavy atom. The van der Waals surface area contributed by atoms with Gasteiger partial charge in [0.05, 0.1) is 35.5 Å². The molecule has 3 aliphatic rings. The summed E-state index contributed by atoms with van der Waals surface area (Å²) in [5, 5.41) is 8.40. The first-order valence-electron chi connectivity index (χ1n) is 11.8. The van der Waals surface area contributed by atoms with E-state index in [1.54, 1.807) is 18.2 Å². The lowest BCUT2D eigenvalue weighted by Crippen LogP contribution is -2.45. The molecule has 2 fully saturated rings. The molecule has 7 rings (SSSR count). The van der Waals surface area contributed by atoms with Gasteiger partial charge in [-0.1, -0.05) is 35.5 Å². The third-order valence-corrected chi connectivity index (χ3v) is 7.16. The van der Waals surface area contributed by atoms with E-state index in [0.29, 0.717) is 65.5 Å². The van der Waals surface area contributed by atoms with Crippen LogP contribution in [-0.4, -0.2) is 43.0 Å². The summed E-state index contributed by atoms with van der Waals surface area (Å²) in [5.74, 6) is -0.402. The molecule has 2 aliphatic heterocycles. The minimum absolute atomic E-state index is 0.114. The van der Waals surface area contributed by atoms with Gasteiger partial charge in [-0.3, -0.25) is 4.79 Å². The van der Waals surface area contributed by atoms with Gasteiger partial charge in [-0.2, -0.15) is 0 Å². The second kappa shape index (κ2) is 7.63. The van der Waals surface area contributed by atoms with Gasteiger partial charge in [0.25, 0.3) is 0 Å². The molecule has 3 aromatic carbocycles. The van der Waals surface area contributed by atoms with Gasteiger partial charge < -0.3 is 24.2 Å². The average molecular weight is 471 g/mol. The molecule has 3 heterocycles. The fourth-order valence-corrected chi connectivity index (χ4v) is 5.48. The number of piperidine rings is 1. The minimum Gasteiger partial charge on any atom is -0.369 e. The molecule has 176 valence electrons. The number of hydrogen-bond donors (Lipinski definition) is 1. The van der Waals surface area contributed by atoms with Crippen LogP contribution < -0.4 is 10.2 Å². The van der Waals surface area contributed by atoms with Crippen molar-refractivity contribution in [3.8, 4) is 11.3 Å². The van der Waals surface area contributed by atoms with Gasteiger partial charge in [-0.15, -0.1) is 0 Å². The highest BCUT2D eigenvalue weighted by molar-refractivity contribution is 6.28. The fraction of sp³-hybridized carbons (Fsp3) is 0.259. The molecular formula is C27H22FN3O4. The normalized spacial score (nSPS) is 18.3. The molecule has 0 unspecified atom stereocenters. The Hall–Kier alpha value is -3.75. The Kier molecular flexibility index (Phi) is 4.49. The highest BCUT2D eigenvalue weighted by atomic mass is 19.1. The van der Waals surface area contributed by atoms with E-state index in [9.17, 15) is 9.18 Å². The predicted molar refractivity (Wildman–Crippen MR) is 129 cm³/mol. The summed E-state index contributed by atoms with van der Waals surface area (Å²) in [4.78, 5) is 15.9. The number of nitrogens with one attached hydrogen (secondary N) is 1. The van der Waals surface area contributed by atoms with Crippen molar-refractivity contribution in [2.24, 2.45) is 0 Å². The molecule has 0 saturated carbocycles. The molecule has 4 aromatic rings. The first-order chi connectivity index (χ1) is 17.1. The second-order valence-electron chi connectivity index (χ2n) is 9.16. The van der Waals surface area contributed by atoms with Crippen molar-refractivity contribution in [1.29, 1.82) is 0 Å². The van der Waals surface area contributed by atoms with Gasteiger partial charge in [-0.05, 0) is 24.3 Å². The van der Waals surface area contributed by atoms with Crippen LogP contribution in [0, 0.1) is 5.82 Å². The van der Waals surface area contributed by atoms with Crippen LogP contribution in [0.25, 0.3) is 22.2 Å². The second-order valence-corrected chi connectivity index (χ2v) is 9.16. The van der Waals surface area contributed by atoms with Gasteiger partial charge in [0.1, 0.15) is 11.3 Å². The van der Waals surface area contributed by atoms with Crippen LogP contribution in [0.2, 0.25) is 0 Å². The third kappa shape index (κ3) is 3.17. The zero-order valence-corrected chi connectivity index (χ0v) is 18.8. The van der Waals surface area contributed by atoms with Crippen molar-refractivity contribution in [2.75, 3.05) is 36.5 Å². The van der Waals surface area contributed by atoms with Crippen LogP contribution in [0.1, 0.15) is 28.8 Å². The lowest BCUT2D eigenvalue weighted by molar-refractivity contribution is -0.169. The van der Waals surface area contributed by atoms with Crippen molar-refractivity contribution in [3.05, 3.63) is 71.5 Å². The first-order valence-corrected chi connectivity index (χ1v) is 11.8. The topological polar surface area (TPSA) is 76.8 Å². The Morgan fingerprint density at radius 2 is 1.74 bits per heavy atom. The van der Waals surface area contributed by atoms with Gasteiger partial charge in [-0.25, -0.2) is 4.39 Å². The van der Waals surface area contributed by atoms with Crippen LogP contribution in [0.4, 0.5) is 21.5 Å². The van der Waals surface area contributed by atoms with Crippen molar-refractivity contribution in [1.82, 2.24) is 5.16 Å². The Balaban J connectivity index is 1.39. The number of nitrogens with zero attached hydrogens (tertiary/aromatic N) is 2. The zero-order chi connectivity index (χ0) is 23.6. The van der Waals surface area contributed by atoms with E-state index in [4.69, 9.17) is 14.0 Å². The number of aromatic nitrogens is 1. The lowest BCUT2D eigenvalue weighted by Gasteiger charge is -2.39. The van der Waals surface area contributed by atoms with Crippen molar-refractivity contribution < 1.29 is 23.2 Å². The number of carbonyl (C=O) groups excluding carboxylic acids is 1. The molecule has 0 atom stereocenters. The smallest absolute Gasteiger partial charge is 0.196 e. The number of rotatable bonds is 3. The Morgan fingerprint density at radius 1 is 0.971 bits per heavy atom. The van der Waals surface area contributed by atoms with E-state index in [1.807, 2.05) is 24.3 Å². The van der Waals surface area contributed by atoms with Gasteiger partial charge in [0.15, 0.2) is 17.3 Å². The minimum atomic E-state index is -0.506. The third-order valence-electron chi connectivity index (χ3n) is 7.16. The Bertz CT molecular complexity index is 1480. The summed E-state index contributed by atoms with van der Waals surface area (Å²) in [6, 6.07) is 15.5. The van der Waals surface area contributed by atoms with E-state index in [2.05, 4.69) is 15.4 Å². The average Bonchev–Trinajstić information content (AvgIpc) is 3.52. The molecule has 1 aromatic heterocycles. The van der Waals surface area contributed by atoms with Crippen molar-refractivity contribution in [3.63, 3.8) is 0 Å². The van der Waals surface area contributed by atoms with E-state index in [0.717, 1.165) is 24.1 Å². The number of carbonyl (C=O) groups is 1. The Labute approximate surface area is 200 Å². The summed E-state index contributed by atoms with van der Waals surface area (Å²) in [5.41, 5.74) is 4.43. The van der Waals surface area contributed by atoms with Crippen LogP contribution in [0.5, 0.6) is 0 Å². The molecule has 2 saturated heterocycles. The molecular weight excluding hydrogens is 449 g/mol. The largest absolute Gasteiger partial charge is 0.369 e. The van der Waals surface area contributed by atoms with Crippen LogP contribution in [0.3, 0.4) is 0 Å². The number of halogens is 1. The lowest BCUT2D eigenvalue weighted by atomic mass is 9.86. The highest BCUT2D eigenvalue weighted by Crippen LogP contribution is 2.47. The fourth-order valence-electron chi connectivity index (χ4n) is 5.48. The van der Waals surface area contributed by atoms with E-state index in [-0.39, 0.29) is 11.6 Å². The molecule has 1 aliphatic carbocycles. The van der Waals surface area contributed by atoms with Crippen molar-refractivity contribution >= 4 is 33.7 Å². The predicted octanol–water partition coefficient (Wildman–Crippen LogP) is 5.27. The summed E-state index contributed by atoms with van der Waals surface area (Å²) in [6.45, 7) is 2.66. The highest BCUT2D eigenvalue weighted by Gasteiger charge is 2.41. The first kappa shape index (κ1) is 20.6. The molecule has 8 heteroatoms. The number of hydrogen-bond acceptors (Lipinski definition) is 7. The summed E-state index contributed by atoms with van der Waals surface area (Å²) in [6.07, 6.45) is 1.46. The maximum absolute atomic E-state index is 14.0. The number of ketones is 1. The van der Waals surface area contributed by atoms with Gasteiger partial charge in [0, 0.05) is 42.7 Å². The van der Waals surface area contributed by atoms with E-state index in [1.165, 1.54) is 12.1 Å². The van der Waals surface area contributed by atoms with Gasteiger partial charge in [0.2, 0.25) is 0 Å². The van der Waals surface area contributed by atoms with E-state index >= 15 is 0 Å². The SMILES string of the molecule is O=C1c2ccccc2-c2onc3c(N4CCC5(CC4)OCCO5)cc(Nc4cccc(F)c4)c1c23. The number of benzene rings is 3. The monoisotopic (exact) mass is 471 g/mol. The van der Waals surface area contributed by atoms with Gasteiger partial charge >= 0.3 is 0 Å². The molecule has 0 radical (unpaired) electrons. The molecule has 0 amide bonds. The summed E-state index contributed by atoms with van der Waals surface area (Å²) >= 11 is 0. The maximum atomic E-state index is 14.0. The van der Waals surface area contributed by atoms with Crippen molar-refractivity contribution in [2.45, 2.75) is 18.6 Å². The number of ether oxygens (including phenoxy) is 2. The summed E-state index contributed by atoms with van der Waals surface area (Å²) < 4.78 is 31.6. The molecule has 35 heavy (non-hydrogen) atoms. The number of fused-ring (bicyclic) bond motifs is 2. The number of anilines is 3. The van der Waals surface area contributed by atoms with Crippen LogP contribution >= 0.6 is 0 Å². The molecule has 1 spiro atoms. The standard InChI is InChI=1S/C27H22FN3O4/c28-16-4-3-5-17(14-16)29-20-15-21(31-10-8-27(9-11-31)33-12-13-34-27)24-23-22(20)25(32)18-6-1-2-7-19(18)26(23)35-30-24/h1-7,14-15,29H,8-13H2. The van der Waals surface area contributed by atoms with Crippen LogP contribution in [-0.2, 0) is 9.47 Å². The maximum Gasteiger partial charge on any atom is 0.196 e. The summed E-state index contributed by atoms with van der Waals surface area (Å²) in [7, 11) is 0. The van der Waals surface area contributed by atoms with Crippen LogP contribution in [0.15, 0.2) is 59.1 Å². The van der Waals surface area contributed by atoms with E-state index < -0.39 is 5.79 Å². The molecule has 1 N–H and O–H groups in total. The molecule has 7 nitrogen and oxygen atoms in total. The molecule has 0 bridgehead atoms. The zero-order valence-electron chi connectivity index (χ0n) is 18.8.